The van der Waals surface area contributed by atoms with Crippen LogP contribution in [0.15, 0.2) is 12.4 Å². The Morgan fingerprint density at radius 3 is 2.71 bits per heavy atom. The number of amides is 1. The van der Waals surface area contributed by atoms with Gasteiger partial charge < -0.3 is 5.32 Å². The summed E-state index contributed by atoms with van der Waals surface area (Å²) in [5, 5.41) is 16.6. The van der Waals surface area contributed by atoms with E-state index in [2.05, 4.69) is 39.1 Å². The molecule has 1 N–H and O–H groups in total. The van der Waals surface area contributed by atoms with Gasteiger partial charge in [0.1, 0.15) is 5.54 Å². The highest BCUT2D eigenvalue weighted by Crippen LogP contribution is 2.59. The van der Waals surface area contributed by atoms with Crippen molar-refractivity contribution in [2.75, 3.05) is 0 Å². The molecule has 1 heterocycles. The third-order valence-corrected chi connectivity index (χ3v) is 5.88. The third-order valence-electron chi connectivity index (χ3n) is 5.33. The fraction of sp³-hybridized carbons (Fsp3) is 0.667. The van der Waals surface area contributed by atoms with E-state index in [9.17, 15) is 10.1 Å². The van der Waals surface area contributed by atoms with Gasteiger partial charge in [-0.05, 0) is 62.1 Å². The summed E-state index contributed by atoms with van der Waals surface area (Å²) in [7, 11) is 0. The third kappa shape index (κ3) is 2.17. The van der Waals surface area contributed by atoms with Gasteiger partial charge in [0.2, 0.25) is 5.91 Å². The van der Waals surface area contributed by atoms with Gasteiger partial charge in [0.25, 0.3) is 0 Å². The molecule has 1 unspecified atom stereocenters. The summed E-state index contributed by atoms with van der Waals surface area (Å²) >= 11 is 2.19. The van der Waals surface area contributed by atoms with E-state index >= 15 is 0 Å². The number of hydrogen-bond acceptors (Lipinski definition) is 3. The Morgan fingerprint density at radius 1 is 1.57 bits per heavy atom. The lowest BCUT2D eigenvalue weighted by Gasteiger charge is -2.59. The van der Waals surface area contributed by atoms with Gasteiger partial charge in [-0.15, -0.1) is 0 Å². The predicted molar refractivity (Wildman–Crippen MR) is 86.2 cm³/mol. The Morgan fingerprint density at radius 2 is 2.29 bits per heavy atom. The Bertz CT molecular complexity index is 613. The van der Waals surface area contributed by atoms with Gasteiger partial charge in [-0.25, -0.2) is 0 Å². The molecule has 2 aliphatic rings. The molecule has 2 aliphatic carbocycles. The monoisotopic (exact) mass is 398 g/mol. The van der Waals surface area contributed by atoms with Crippen LogP contribution in [0.2, 0.25) is 0 Å². The molecule has 112 valence electrons. The van der Waals surface area contributed by atoms with Crippen molar-refractivity contribution >= 4 is 28.5 Å². The molecule has 2 fully saturated rings. The number of nitriles is 1. The summed E-state index contributed by atoms with van der Waals surface area (Å²) in [6, 6.07) is 2.55. The zero-order chi connectivity index (χ0) is 15.3. The fourth-order valence-electron chi connectivity index (χ4n) is 3.49. The maximum absolute atomic E-state index is 12.6. The minimum atomic E-state index is -0.716. The summed E-state index contributed by atoms with van der Waals surface area (Å²) in [5.41, 5.74) is -0.662. The molecular weight excluding hydrogens is 379 g/mol. The zero-order valence-electron chi connectivity index (χ0n) is 12.3. The van der Waals surface area contributed by atoms with Gasteiger partial charge >= 0.3 is 0 Å². The standard InChI is InChI=1S/C15H19IN4O/c1-14(2,20-9-11(16)8-18-20)13(21)19-12-4-6-15(12)5-3-10(15)7-17/h8-10,12H,3-6H2,1-2H3,(H,19,21)/t10?,12-,15-/m0/s1. The molecule has 0 saturated heterocycles. The van der Waals surface area contributed by atoms with Crippen LogP contribution < -0.4 is 5.32 Å². The molecule has 1 aromatic heterocycles. The van der Waals surface area contributed by atoms with Crippen LogP contribution in [0.4, 0.5) is 0 Å². The SMILES string of the molecule is CC(C)(C(=O)N[C@H]1CC[C@]12CCC2C#N)n1cc(I)cn1. The number of carbonyl (C=O) groups excluding carboxylic acids is 1. The van der Waals surface area contributed by atoms with Crippen molar-refractivity contribution in [3.05, 3.63) is 16.0 Å². The van der Waals surface area contributed by atoms with Crippen molar-refractivity contribution in [2.24, 2.45) is 11.3 Å². The average molecular weight is 398 g/mol. The second kappa shape index (κ2) is 4.97. The fourth-order valence-corrected chi connectivity index (χ4v) is 3.88. The van der Waals surface area contributed by atoms with Crippen LogP contribution >= 0.6 is 22.6 Å². The van der Waals surface area contributed by atoms with Crippen LogP contribution in [0.25, 0.3) is 0 Å². The van der Waals surface area contributed by atoms with Crippen molar-refractivity contribution in [1.82, 2.24) is 15.1 Å². The van der Waals surface area contributed by atoms with E-state index in [1.54, 1.807) is 10.9 Å². The van der Waals surface area contributed by atoms with Crippen LogP contribution in [-0.2, 0) is 10.3 Å². The number of carbonyl (C=O) groups is 1. The molecule has 5 nitrogen and oxygen atoms in total. The van der Waals surface area contributed by atoms with Crippen molar-refractivity contribution in [2.45, 2.75) is 51.1 Å². The summed E-state index contributed by atoms with van der Waals surface area (Å²) in [6.07, 6.45) is 7.71. The molecule has 0 bridgehead atoms. The summed E-state index contributed by atoms with van der Waals surface area (Å²) in [4.78, 5) is 12.6. The summed E-state index contributed by atoms with van der Waals surface area (Å²) < 4.78 is 2.72. The lowest BCUT2D eigenvalue weighted by atomic mass is 9.47. The smallest absolute Gasteiger partial charge is 0.247 e. The van der Waals surface area contributed by atoms with Crippen LogP contribution in [0.3, 0.4) is 0 Å². The van der Waals surface area contributed by atoms with Crippen molar-refractivity contribution in [1.29, 1.82) is 5.26 Å². The molecule has 3 rings (SSSR count). The number of aromatic nitrogens is 2. The second-order valence-corrected chi connectivity index (χ2v) is 7.93. The van der Waals surface area contributed by atoms with E-state index in [0.29, 0.717) is 0 Å². The Labute approximate surface area is 138 Å². The molecule has 3 atom stereocenters. The molecule has 1 aromatic rings. The van der Waals surface area contributed by atoms with Gasteiger partial charge in [0.15, 0.2) is 0 Å². The Kier molecular flexibility index (Phi) is 3.51. The molecule has 0 aliphatic heterocycles. The van der Waals surface area contributed by atoms with Gasteiger partial charge in [0, 0.05) is 17.7 Å². The van der Waals surface area contributed by atoms with Crippen molar-refractivity contribution in [3.8, 4) is 6.07 Å². The van der Waals surface area contributed by atoms with Crippen molar-refractivity contribution in [3.63, 3.8) is 0 Å². The highest BCUT2D eigenvalue weighted by atomic mass is 127. The Hall–Kier alpha value is -1.10. The first-order chi connectivity index (χ1) is 9.90. The first-order valence-electron chi connectivity index (χ1n) is 7.31. The van der Waals surface area contributed by atoms with Gasteiger partial charge in [-0.3, -0.25) is 9.48 Å². The van der Waals surface area contributed by atoms with E-state index in [1.807, 2.05) is 20.0 Å². The largest absolute Gasteiger partial charge is 0.351 e. The lowest BCUT2D eigenvalue weighted by Crippen LogP contribution is -2.64. The van der Waals surface area contributed by atoms with Crippen LogP contribution in [0, 0.1) is 26.2 Å². The Balaban J connectivity index is 1.71. The van der Waals surface area contributed by atoms with Gasteiger partial charge in [-0.1, -0.05) is 0 Å². The van der Waals surface area contributed by atoms with Crippen molar-refractivity contribution < 1.29 is 4.79 Å². The summed E-state index contributed by atoms with van der Waals surface area (Å²) in [6.45, 7) is 3.75. The minimum absolute atomic E-state index is 0.0188. The molecular formula is C15H19IN4O. The van der Waals surface area contributed by atoms with Crippen LogP contribution in [0.5, 0.6) is 0 Å². The molecule has 6 heteroatoms. The van der Waals surface area contributed by atoms with Crippen LogP contribution in [0.1, 0.15) is 39.5 Å². The number of nitrogens with one attached hydrogen (secondary N) is 1. The molecule has 1 spiro atoms. The quantitative estimate of drug-likeness (QED) is 0.796. The highest BCUT2D eigenvalue weighted by Gasteiger charge is 2.58. The molecule has 0 aromatic carbocycles. The molecule has 0 radical (unpaired) electrons. The predicted octanol–water partition coefficient (Wildman–Crippen LogP) is 2.42. The summed E-state index contributed by atoms with van der Waals surface area (Å²) in [5.74, 6) is 0.0972. The van der Waals surface area contributed by atoms with Gasteiger partial charge in [-0.2, -0.15) is 10.4 Å². The average Bonchev–Trinajstić information content (AvgIpc) is 2.81. The number of nitrogens with zero attached hydrogens (tertiary/aromatic N) is 3. The molecule has 21 heavy (non-hydrogen) atoms. The van der Waals surface area contributed by atoms with E-state index in [4.69, 9.17) is 0 Å². The zero-order valence-corrected chi connectivity index (χ0v) is 14.4. The lowest BCUT2D eigenvalue weighted by molar-refractivity contribution is -0.136. The van der Waals surface area contributed by atoms with E-state index in [-0.39, 0.29) is 23.3 Å². The minimum Gasteiger partial charge on any atom is -0.351 e. The first-order valence-corrected chi connectivity index (χ1v) is 8.39. The maximum Gasteiger partial charge on any atom is 0.247 e. The van der Waals surface area contributed by atoms with E-state index < -0.39 is 5.54 Å². The van der Waals surface area contributed by atoms with E-state index in [0.717, 1.165) is 29.3 Å². The highest BCUT2D eigenvalue weighted by molar-refractivity contribution is 14.1. The topological polar surface area (TPSA) is 70.7 Å². The van der Waals surface area contributed by atoms with Gasteiger partial charge in [0.05, 0.1) is 21.8 Å². The molecule has 1 amide bonds. The normalized spacial score (nSPS) is 31.1. The van der Waals surface area contributed by atoms with E-state index in [1.165, 1.54) is 0 Å². The first kappa shape index (κ1) is 14.8. The number of rotatable bonds is 3. The second-order valence-electron chi connectivity index (χ2n) is 6.68. The number of halogens is 1. The molecule has 2 saturated carbocycles. The number of hydrogen-bond donors (Lipinski definition) is 1. The van der Waals surface area contributed by atoms with Crippen LogP contribution in [-0.4, -0.2) is 21.7 Å². The maximum atomic E-state index is 12.6.